The molecule has 0 aliphatic rings. The summed E-state index contributed by atoms with van der Waals surface area (Å²) in [5, 5.41) is 5.12. The summed E-state index contributed by atoms with van der Waals surface area (Å²) >= 11 is 5.84. The maximum Gasteiger partial charge on any atom is 0.178 e. The lowest BCUT2D eigenvalue weighted by atomic mass is 10.3. The van der Waals surface area contributed by atoms with Crippen LogP contribution >= 0.6 is 11.6 Å². The van der Waals surface area contributed by atoms with Gasteiger partial charge in [-0.2, -0.15) is 5.10 Å². The van der Waals surface area contributed by atoms with Crippen molar-refractivity contribution in [3.63, 3.8) is 0 Å². The number of benzene rings is 1. The van der Waals surface area contributed by atoms with Crippen molar-refractivity contribution in [2.75, 3.05) is 7.05 Å². The number of aryl methyl sites for hydroxylation is 1. The molecule has 126 valence electrons. The van der Waals surface area contributed by atoms with Gasteiger partial charge in [0.05, 0.1) is 23.4 Å². The van der Waals surface area contributed by atoms with Crippen LogP contribution in [0.15, 0.2) is 42.6 Å². The zero-order chi connectivity index (χ0) is 17.4. The van der Waals surface area contributed by atoms with Gasteiger partial charge in [-0.3, -0.25) is 4.90 Å². The highest BCUT2D eigenvalue weighted by Gasteiger charge is 2.13. The maximum atomic E-state index is 5.84. The number of rotatable bonds is 4. The fourth-order valence-electron chi connectivity index (χ4n) is 2.88. The second-order valence-corrected chi connectivity index (χ2v) is 6.50. The maximum absolute atomic E-state index is 5.84. The molecule has 0 saturated carbocycles. The summed E-state index contributed by atoms with van der Waals surface area (Å²) in [7, 11) is 2.03. The van der Waals surface area contributed by atoms with Gasteiger partial charge < -0.3 is 0 Å². The zero-order valence-electron chi connectivity index (χ0n) is 14.0. The summed E-state index contributed by atoms with van der Waals surface area (Å²) in [5.41, 5.74) is 5.39. The molecule has 0 aliphatic carbocycles. The standard InChI is InChI=1S/C18H17ClN6/c1-12-17-18(22-15-6-4-3-5-14(15)21-17)25(23-12)11-24(2)10-13-7-8-16(19)20-9-13/h3-9H,10-11H2,1-2H3. The predicted octanol–water partition coefficient (Wildman–Crippen LogP) is 3.43. The molecule has 0 radical (unpaired) electrons. The van der Waals surface area contributed by atoms with Crippen molar-refractivity contribution >= 4 is 33.8 Å². The summed E-state index contributed by atoms with van der Waals surface area (Å²) < 4.78 is 1.90. The average Bonchev–Trinajstić information content (AvgIpc) is 2.90. The molecule has 0 spiro atoms. The topological polar surface area (TPSA) is 59.7 Å². The van der Waals surface area contributed by atoms with Crippen molar-refractivity contribution in [2.45, 2.75) is 20.1 Å². The molecule has 7 heteroatoms. The van der Waals surface area contributed by atoms with Crippen molar-refractivity contribution in [3.8, 4) is 0 Å². The zero-order valence-corrected chi connectivity index (χ0v) is 14.8. The molecule has 6 nitrogen and oxygen atoms in total. The van der Waals surface area contributed by atoms with Crippen molar-refractivity contribution in [2.24, 2.45) is 0 Å². The number of hydrogen-bond donors (Lipinski definition) is 0. The Morgan fingerprint density at radius 3 is 2.56 bits per heavy atom. The van der Waals surface area contributed by atoms with Gasteiger partial charge in [-0.1, -0.05) is 29.8 Å². The molecular weight excluding hydrogens is 336 g/mol. The minimum atomic E-state index is 0.502. The number of aromatic nitrogens is 5. The van der Waals surface area contributed by atoms with Crippen LogP contribution in [0.3, 0.4) is 0 Å². The Morgan fingerprint density at radius 1 is 1.08 bits per heavy atom. The van der Waals surface area contributed by atoms with Crippen molar-refractivity contribution in [1.29, 1.82) is 0 Å². The number of hydrogen-bond acceptors (Lipinski definition) is 5. The third-order valence-corrected chi connectivity index (χ3v) is 4.25. The van der Waals surface area contributed by atoms with Crippen LogP contribution in [-0.4, -0.2) is 36.7 Å². The van der Waals surface area contributed by atoms with E-state index in [0.717, 1.165) is 40.0 Å². The summed E-state index contributed by atoms with van der Waals surface area (Å²) in [6, 6.07) is 11.7. The van der Waals surface area contributed by atoms with Crippen LogP contribution in [0.2, 0.25) is 5.15 Å². The van der Waals surface area contributed by atoms with E-state index in [9.17, 15) is 0 Å². The molecular formula is C18H17ClN6. The third kappa shape index (κ3) is 3.18. The second kappa shape index (κ2) is 6.38. The Morgan fingerprint density at radius 2 is 1.84 bits per heavy atom. The summed E-state index contributed by atoms with van der Waals surface area (Å²) in [4.78, 5) is 15.7. The molecule has 0 N–H and O–H groups in total. The number of fused-ring (bicyclic) bond motifs is 2. The Labute approximate surface area is 150 Å². The molecule has 0 atom stereocenters. The van der Waals surface area contributed by atoms with Gasteiger partial charge in [-0.25, -0.2) is 19.6 Å². The fraction of sp³-hybridized carbons (Fsp3) is 0.222. The SMILES string of the molecule is Cc1nn(CN(C)Cc2ccc(Cl)nc2)c2nc3ccccc3nc12. The molecule has 0 saturated heterocycles. The lowest BCUT2D eigenvalue weighted by molar-refractivity contribution is 0.250. The van der Waals surface area contributed by atoms with E-state index < -0.39 is 0 Å². The van der Waals surface area contributed by atoms with Crippen molar-refractivity contribution < 1.29 is 0 Å². The van der Waals surface area contributed by atoms with E-state index in [4.69, 9.17) is 21.6 Å². The molecule has 0 aliphatic heterocycles. The summed E-state index contributed by atoms with van der Waals surface area (Å²) in [6.45, 7) is 3.32. The van der Waals surface area contributed by atoms with Gasteiger partial charge in [0.2, 0.25) is 0 Å². The largest absolute Gasteiger partial charge is 0.283 e. The van der Waals surface area contributed by atoms with Crippen LogP contribution in [0.4, 0.5) is 0 Å². The monoisotopic (exact) mass is 352 g/mol. The minimum absolute atomic E-state index is 0.502. The molecule has 25 heavy (non-hydrogen) atoms. The van der Waals surface area contributed by atoms with Gasteiger partial charge in [-0.15, -0.1) is 0 Å². The van der Waals surface area contributed by atoms with E-state index in [1.807, 2.05) is 49.0 Å². The van der Waals surface area contributed by atoms with E-state index >= 15 is 0 Å². The molecule has 0 amide bonds. The van der Waals surface area contributed by atoms with E-state index in [0.29, 0.717) is 11.8 Å². The van der Waals surface area contributed by atoms with Crippen LogP contribution in [-0.2, 0) is 13.2 Å². The van der Waals surface area contributed by atoms with E-state index in [1.54, 1.807) is 12.3 Å². The highest BCUT2D eigenvalue weighted by atomic mass is 35.5. The van der Waals surface area contributed by atoms with Gasteiger partial charge >= 0.3 is 0 Å². The second-order valence-electron chi connectivity index (χ2n) is 6.11. The van der Waals surface area contributed by atoms with Crippen LogP contribution in [0.5, 0.6) is 0 Å². The summed E-state index contributed by atoms with van der Waals surface area (Å²) in [5.74, 6) is 0. The minimum Gasteiger partial charge on any atom is -0.283 e. The van der Waals surface area contributed by atoms with Gasteiger partial charge in [0.25, 0.3) is 0 Å². The van der Waals surface area contributed by atoms with Gasteiger partial charge in [0, 0.05) is 12.7 Å². The van der Waals surface area contributed by atoms with E-state index in [1.165, 1.54) is 0 Å². The Hall–Kier alpha value is -2.57. The molecule has 0 unspecified atom stereocenters. The molecule has 4 aromatic rings. The van der Waals surface area contributed by atoms with Crippen LogP contribution in [0.1, 0.15) is 11.3 Å². The van der Waals surface area contributed by atoms with E-state index in [-0.39, 0.29) is 0 Å². The normalized spacial score (nSPS) is 11.7. The summed E-state index contributed by atoms with van der Waals surface area (Å²) in [6.07, 6.45) is 1.79. The molecule has 3 heterocycles. The Kier molecular flexibility index (Phi) is 4.07. The van der Waals surface area contributed by atoms with Crippen molar-refractivity contribution in [3.05, 3.63) is 59.0 Å². The number of nitrogens with zero attached hydrogens (tertiary/aromatic N) is 6. The highest BCUT2D eigenvalue weighted by Crippen LogP contribution is 2.19. The first-order chi connectivity index (χ1) is 12.1. The molecule has 1 aromatic carbocycles. The quantitative estimate of drug-likeness (QED) is 0.527. The smallest absolute Gasteiger partial charge is 0.178 e. The first kappa shape index (κ1) is 15.9. The highest BCUT2D eigenvalue weighted by molar-refractivity contribution is 6.29. The third-order valence-electron chi connectivity index (χ3n) is 4.03. The Balaban J connectivity index is 1.64. The first-order valence-corrected chi connectivity index (χ1v) is 8.37. The number of halogens is 1. The number of pyridine rings is 1. The lowest BCUT2D eigenvalue weighted by Gasteiger charge is -2.16. The number of para-hydroxylation sites is 2. The lowest BCUT2D eigenvalue weighted by Crippen LogP contribution is -2.22. The van der Waals surface area contributed by atoms with Crippen LogP contribution in [0, 0.1) is 6.92 Å². The first-order valence-electron chi connectivity index (χ1n) is 7.99. The van der Waals surface area contributed by atoms with Gasteiger partial charge in [-0.05, 0) is 37.7 Å². The fourth-order valence-corrected chi connectivity index (χ4v) is 2.99. The Bertz CT molecular complexity index is 1040. The molecule has 0 bridgehead atoms. The van der Waals surface area contributed by atoms with Crippen LogP contribution < -0.4 is 0 Å². The predicted molar refractivity (Wildman–Crippen MR) is 98.3 cm³/mol. The van der Waals surface area contributed by atoms with Crippen LogP contribution in [0.25, 0.3) is 22.2 Å². The van der Waals surface area contributed by atoms with Crippen molar-refractivity contribution in [1.82, 2.24) is 29.6 Å². The molecule has 0 fully saturated rings. The van der Waals surface area contributed by atoms with Gasteiger partial charge in [0.1, 0.15) is 10.7 Å². The van der Waals surface area contributed by atoms with E-state index in [2.05, 4.69) is 15.0 Å². The van der Waals surface area contributed by atoms with Gasteiger partial charge in [0.15, 0.2) is 5.65 Å². The molecule has 4 rings (SSSR count). The molecule has 3 aromatic heterocycles. The average molecular weight is 353 g/mol.